The number of ether oxygens (including phenoxy) is 1. The smallest absolute Gasteiger partial charge is 0.142 e. The zero-order chi connectivity index (χ0) is 14.0. The van der Waals surface area contributed by atoms with Crippen molar-refractivity contribution in [3.63, 3.8) is 0 Å². The zero-order valence-electron chi connectivity index (χ0n) is 10.2. The van der Waals surface area contributed by atoms with Crippen molar-refractivity contribution in [2.75, 3.05) is 12.8 Å². The maximum absolute atomic E-state index is 13.8. The average Bonchev–Trinajstić information content (AvgIpc) is 2.38. The van der Waals surface area contributed by atoms with Gasteiger partial charge in [-0.3, -0.25) is 0 Å². The molecule has 0 spiro atoms. The van der Waals surface area contributed by atoms with Crippen LogP contribution in [-0.4, -0.2) is 12.2 Å². The van der Waals surface area contributed by atoms with E-state index in [0.717, 1.165) is 6.07 Å². The Morgan fingerprint density at radius 2 is 2.00 bits per heavy atom. The fraction of sp³-hybridized carbons (Fsp3) is 0.143. The van der Waals surface area contributed by atoms with Crippen molar-refractivity contribution in [1.29, 1.82) is 0 Å². The lowest BCUT2D eigenvalue weighted by atomic mass is 9.99. The first kappa shape index (κ1) is 13.6. The Balaban J connectivity index is 2.47. The third kappa shape index (κ3) is 2.64. The highest BCUT2D eigenvalue weighted by Gasteiger charge is 2.19. The fourth-order valence-electron chi connectivity index (χ4n) is 1.87. The van der Waals surface area contributed by atoms with Gasteiger partial charge in [0.05, 0.1) is 12.8 Å². The van der Waals surface area contributed by atoms with Crippen molar-refractivity contribution in [3.8, 4) is 5.75 Å². The van der Waals surface area contributed by atoms with Crippen LogP contribution < -0.4 is 10.5 Å². The van der Waals surface area contributed by atoms with E-state index in [1.54, 1.807) is 18.2 Å². The summed E-state index contributed by atoms with van der Waals surface area (Å²) in [4.78, 5) is 0. The van der Waals surface area contributed by atoms with Crippen LogP contribution in [-0.2, 0) is 0 Å². The first-order valence-electron chi connectivity index (χ1n) is 5.60. The Bertz CT molecular complexity index is 604. The lowest BCUT2D eigenvalue weighted by molar-refractivity contribution is 0.215. The second-order valence-corrected chi connectivity index (χ2v) is 4.47. The molecule has 0 radical (unpaired) electrons. The Labute approximate surface area is 115 Å². The molecule has 0 bridgehead atoms. The minimum atomic E-state index is -1.17. The van der Waals surface area contributed by atoms with Gasteiger partial charge in [0.1, 0.15) is 17.7 Å². The second-order valence-electron chi connectivity index (χ2n) is 4.03. The summed E-state index contributed by atoms with van der Waals surface area (Å²) in [5, 5.41) is 10.5. The van der Waals surface area contributed by atoms with E-state index >= 15 is 0 Å². The summed E-state index contributed by atoms with van der Waals surface area (Å²) in [6.45, 7) is 0. The predicted molar refractivity (Wildman–Crippen MR) is 72.9 cm³/mol. The summed E-state index contributed by atoms with van der Waals surface area (Å²) in [7, 11) is 1.48. The number of hydrogen-bond donors (Lipinski definition) is 2. The van der Waals surface area contributed by atoms with Crippen LogP contribution in [0.3, 0.4) is 0 Å². The molecule has 0 aliphatic rings. The van der Waals surface area contributed by atoms with Crippen molar-refractivity contribution < 1.29 is 14.2 Å². The highest BCUT2D eigenvalue weighted by molar-refractivity contribution is 6.30. The molecule has 2 rings (SSSR count). The van der Waals surface area contributed by atoms with Gasteiger partial charge in [-0.15, -0.1) is 0 Å². The van der Waals surface area contributed by atoms with E-state index in [4.69, 9.17) is 22.1 Å². The quantitative estimate of drug-likeness (QED) is 0.850. The lowest BCUT2D eigenvalue weighted by Gasteiger charge is -2.16. The topological polar surface area (TPSA) is 55.5 Å². The predicted octanol–water partition coefficient (Wildman–Crippen LogP) is 3.15. The number of nitrogen functional groups attached to an aromatic ring is 1. The molecule has 0 amide bonds. The Kier molecular flexibility index (Phi) is 3.93. The van der Waals surface area contributed by atoms with Gasteiger partial charge in [-0.05, 0) is 18.2 Å². The molecule has 19 heavy (non-hydrogen) atoms. The van der Waals surface area contributed by atoms with Crippen LogP contribution in [0, 0.1) is 5.82 Å². The van der Waals surface area contributed by atoms with Crippen LogP contribution in [0.2, 0.25) is 5.02 Å². The number of para-hydroxylation sites is 1. The summed E-state index contributed by atoms with van der Waals surface area (Å²) < 4.78 is 18.9. The molecule has 3 N–H and O–H groups in total. The maximum atomic E-state index is 13.8. The summed E-state index contributed by atoms with van der Waals surface area (Å²) >= 11 is 5.68. The number of aliphatic hydroxyl groups excluding tert-OH is 1. The lowest BCUT2D eigenvalue weighted by Crippen LogP contribution is -2.07. The monoisotopic (exact) mass is 281 g/mol. The van der Waals surface area contributed by atoms with Crippen LogP contribution in [0.5, 0.6) is 5.75 Å². The van der Waals surface area contributed by atoms with Gasteiger partial charge in [0.2, 0.25) is 0 Å². The number of nitrogens with two attached hydrogens (primary N) is 1. The molecule has 3 nitrogen and oxygen atoms in total. The Hall–Kier alpha value is -1.78. The number of halogens is 2. The van der Waals surface area contributed by atoms with Crippen molar-refractivity contribution in [1.82, 2.24) is 0 Å². The average molecular weight is 282 g/mol. The molecule has 2 aromatic carbocycles. The highest BCUT2D eigenvalue weighted by Crippen LogP contribution is 2.34. The van der Waals surface area contributed by atoms with Gasteiger partial charge in [-0.25, -0.2) is 4.39 Å². The summed E-state index contributed by atoms with van der Waals surface area (Å²) in [5.74, 6) is -0.145. The summed E-state index contributed by atoms with van der Waals surface area (Å²) in [5.41, 5.74) is 6.67. The standard InChI is InChI=1S/C14H13ClFNO2/c1-19-12-4-2-3-10(13(12)17)14(18)9-6-5-8(15)7-11(9)16/h2-7,14,18H,17H2,1H3. The largest absolute Gasteiger partial charge is 0.495 e. The van der Waals surface area contributed by atoms with Crippen LogP contribution in [0.25, 0.3) is 0 Å². The number of anilines is 1. The van der Waals surface area contributed by atoms with E-state index in [1.807, 2.05) is 0 Å². The molecule has 1 atom stereocenters. The van der Waals surface area contributed by atoms with Gasteiger partial charge in [0.25, 0.3) is 0 Å². The first-order valence-corrected chi connectivity index (χ1v) is 5.97. The SMILES string of the molecule is COc1cccc(C(O)c2ccc(Cl)cc2F)c1N. The van der Waals surface area contributed by atoms with Crippen LogP contribution in [0.15, 0.2) is 36.4 Å². The molecule has 0 saturated heterocycles. The van der Waals surface area contributed by atoms with Crippen LogP contribution in [0.1, 0.15) is 17.2 Å². The van der Waals surface area contributed by atoms with Crippen molar-refractivity contribution in [3.05, 3.63) is 58.4 Å². The van der Waals surface area contributed by atoms with Gasteiger partial charge < -0.3 is 15.6 Å². The molecule has 0 fully saturated rings. The van der Waals surface area contributed by atoms with E-state index in [1.165, 1.54) is 19.2 Å². The third-order valence-electron chi connectivity index (χ3n) is 2.87. The molecule has 0 aliphatic heterocycles. The normalized spacial score (nSPS) is 12.2. The van der Waals surface area contributed by atoms with Crippen molar-refractivity contribution in [2.24, 2.45) is 0 Å². The minimum Gasteiger partial charge on any atom is -0.495 e. The molecule has 100 valence electrons. The van der Waals surface area contributed by atoms with Gasteiger partial charge in [-0.1, -0.05) is 29.8 Å². The zero-order valence-corrected chi connectivity index (χ0v) is 11.0. The number of rotatable bonds is 3. The second kappa shape index (κ2) is 5.47. The fourth-order valence-corrected chi connectivity index (χ4v) is 2.03. The molecule has 2 aromatic rings. The number of aliphatic hydroxyl groups is 1. The molecule has 1 unspecified atom stereocenters. The van der Waals surface area contributed by atoms with Gasteiger partial charge in [0.15, 0.2) is 0 Å². The van der Waals surface area contributed by atoms with Crippen molar-refractivity contribution in [2.45, 2.75) is 6.10 Å². The Morgan fingerprint density at radius 3 is 2.63 bits per heavy atom. The minimum absolute atomic E-state index is 0.115. The molecule has 0 heterocycles. The number of methoxy groups -OCH3 is 1. The van der Waals surface area contributed by atoms with Crippen molar-refractivity contribution >= 4 is 17.3 Å². The van der Waals surface area contributed by atoms with Crippen LogP contribution in [0.4, 0.5) is 10.1 Å². The Morgan fingerprint density at radius 1 is 1.26 bits per heavy atom. The summed E-state index contributed by atoms with van der Waals surface area (Å²) in [6, 6.07) is 9.07. The van der Waals surface area contributed by atoms with E-state index in [0.29, 0.717) is 11.3 Å². The first-order chi connectivity index (χ1) is 9.04. The molecular formula is C14H13ClFNO2. The van der Waals surface area contributed by atoms with E-state index in [2.05, 4.69) is 0 Å². The molecule has 0 aliphatic carbocycles. The van der Waals surface area contributed by atoms with Gasteiger partial charge >= 0.3 is 0 Å². The van der Waals surface area contributed by atoms with E-state index in [-0.39, 0.29) is 16.3 Å². The number of benzene rings is 2. The van der Waals surface area contributed by atoms with Gasteiger partial charge in [-0.2, -0.15) is 0 Å². The summed E-state index contributed by atoms with van der Waals surface area (Å²) in [6.07, 6.45) is -1.17. The maximum Gasteiger partial charge on any atom is 0.142 e. The molecule has 0 aromatic heterocycles. The molecule has 5 heteroatoms. The van der Waals surface area contributed by atoms with E-state index < -0.39 is 11.9 Å². The van der Waals surface area contributed by atoms with Gasteiger partial charge in [0, 0.05) is 16.1 Å². The third-order valence-corrected chi connectivity index (χ3v) is 3.11. The molecule has 0 saturated carbocycles. The van der Waals surface area contributed by atoms with Crippen LogP contribution >= 0.6 is 11.6 Å². The number of hydrogen-bond acceptors (Lipinski definition) is 3. The molecular weight excluding hydrogens is 269 g/mol. The highest BCUT2D eigenvalue weighted by atomic mass is 35.5. The van der Waals surface area contributed by atoms with E-state index in [9.17, 15) is 9.50 Å².